The first-order valence-electron chi connectivity index (χ1n) is 4.37. The number of hydrogen-bond donors (Lipinski definition) is 0. The fourth-order valence-corrected chi connectivity index (χ4v) is 0.625. The van der Waals surface area contributed by atoms with Gasteiger partial charge in [-0.15, -0.1) is 0 Å². The van der Waals surface area contributed by atoms with Gasteiger partial charge in [0.25, 0.3) is 0 Å². The molecule has 18 heavy (non-hydrogen) atoms. The summed E-state index contributed by atoms with van der Waals surface area (Å²) >= 11 is 0. The van der Waals surface area contributed by atoms with Gasteiger partial charge in [0.15, 0.2) is 0 Å². The van der Waals surface area contributed by atoms with Gasteiger partial charge in [0.05, 0.1) is 0 Å². The van der Waals surface area contributed by atoms with Crippen LogP contribution in [0, 0.1) is 0 Å². The summed E-state index contributed by atoms with van der Waals surface area (Å²) in [5.74, 6) is 0. The molecule has 8 heteroatoms. The minimum Gasteiger partial charge on any atom is -0.759 e. The molecule has 1 radical (unpaired) electrons. The molecule has 0 spiro atoms. The van der Waals surface area contributed by atoms with Crippen LogP contribution >= 0.6 is 0 Å². The van der Waals surface area contributed by atoms with E-state index >= 15 is 0 Å². The van der Waals surface area contributed by atoms with Gasteiger partial charge < -0.3 is 9.11 Å². The molecule has 0 unspecified atom stereocenters. The van der Waals surface area contributed by atoms with Crippen molar-refractivity contribution in [3.8, 4) is 0 Å². The van der Waals surface area contributed by atoms with Gasteiger partial charge in [-0.2, -0.15) is 0 Å². The van der Waals surface area contributed by atoms with Crippen molar-refractivity contribution in [2.24, 2.45) is 0 Å². The summed E-state index contributed by atoms with van der Waals surface area (Å²) in [5, 5.41) is 0. The normalized spacial score (nSPS) is 8.56. The van der Waals surface area contributed by atoms with Gasteiger partial charge in [0.1, 0.15) is 0 Å². The van der Waals surface area contributed by atoms with E-state index < -0.39 is 10.4 Å². The summed E-state index contributed by atoms with van der Waals surface area (Å²) in [7, 11) is -5.17. The van der Waals surface area contributed by atoms with E-state index in [4.69, 9.17) is 17.5 Å². The second-order valence-corrected chi connectivity index (χ2v) is 3.27. The second-order valence-electron chi connectivity index (χ2n) is 2.46. The Bertz CT molecular complexity index is 375. The molecule has 2 aromatic heterocycles. The first-order valence-corrected chi connectivity index (χ1v) is 5.70. The summed E-state index contributed by atoms with van der Waals surface area (Å²) in [4.78, 5) is 7.57. The molecule has 0 bridgehead atoms. The zero-order valence-electron chi connectivity index (χ0n) is 9.01. The zero-order valence-corrected chi connectivity index (χ0v) is 11.3. The van der Waals surface area contributed by atoms with Crippen molar-refractivity contribution in [3.05, 3.63) is 61.2 Å². The summed E-state index contributed by atoms with van der Waals surface area (Å²) in [6.45, 7) is 0. The van der Waals surface area contributed by atoms with E-state index in [1.807, 2.05) is 36.4 Å². The number of rotatable bonds is 0. The van der Waals surface area contributed by atoms with Gasteiger partial charge in [-0.1, -0.05) is 12.1 Å². The van der Waals surface area contributed by atoms with E-state index in [0.717, 1.165) is 0 Å². The summed E-state index contributed by atoms with van der Waals surface area (Å²) in [5.41, 5.74) is 0. The number of aromatic nitrogens is 2. The number of pyridine rings is 2. The van der Waals surface area contributed by atoms with E-state index in [1.165, 1.54) is 0 Å². The number of hydrogen-bond acceptors (Lipinski definition) is 6. The molecule has 0 aliphatic carbocycles. The summed E-state index contributed by atoms with van der Waals surface area (Å²) in [6.07, 6.45) is 7.00. The fraction of sp³-hybridized carbons (Fsp3) is 0. The standard InChI is InChI=1S/2C5H5N.Ag.H2O4S/c2*1-2-4-6-5-3-1;;1-5(2,3)4/h2*1-5H;;(H2,1,2,3,4)/p-2. The van der Waals surface area contributed by atoms with Gasteiger partial charge in [-0.25, -0.2) is 0 Å². The van der Waals surface area contributed by atoms with E-state index in [0.29, 0.717) is 0 Å². The predicted octanol–water partition coefficient (Wildman–Crippen LogP) is 0.823. The van der Waals surface area contributed by atoms with E-state index in [9.17, 15) is 0 Å². The maximum atomic E-state index is 8.52. The molecule has 2 heterocycles. The molecule has 0 aromatic carbocycles. The van der Waals surface area contributed by atoms with Crippen LogP contribution in [0.4, 0.5) is 0 Å². The van der Waals surface area contributed by atoms with Crippen LogP contribution in [0.15, 0.2) is 61.2 Å². The van der Waals surface area contributed by atoms with Gasteiger partial charge >= 0.3 is 0 Å². The van der Waals surface area contributed by atoms with Gasteiger partial charge in [0.2, 0.25) is 0 Å². The third-order valence-electron chi connectivity index (χ3n) is 1.13. The number of nitrogens with zero attached hydrogens (tertiary/aromatic N) is 2. The Morgan fingerprint density at radius 1 is 0.667 bits per heavy atom. The smallest absolute Gasteiger partial charge is 0.0311 e. The van der Waals surface area contributed by atoms with E-state index in [2.05, 4.69) is 9.97 Å². The molecule has 103 valence electrons. The molecular formula is C10H10AgN2O4S-2. The predicted molar refractivity (Wildman–Crippen MR) is 58.9 cm³/mol. The van der Waals surface area contributed by atoms with Crippen LogP contribution in [-0.4, -0.2) is 27.5 Å². The molecule has 2 aromatic rings. The Kier molecular flexibility index (Phi) is 13.2. The Hall–Kier alpha value is -1.09. The van der Waals surface area contributed by atoms with Crippen LogP contribution in [0.1, 0.15) is 0 Å². The van der Waals surface area contributed by atoms with Crippen LogP contribution in [0.3, 0.4) is 0 Å². The van der Waals surface area contributed by atoms with E-state index in [1.54, 1.807) is 24.8 Å². The van der Waals surface area contributed by atoms with Gasteiger partial charge in [0, 0.05) is 57.6 Å². The molecule has 6 nitrogen and oxygen atoms in total. The SMILES string of the molecule is O=S(=O)([O-])[O-].[Ag].c1ccncc1.c1ccncc1. The largest absolute Gasteiger partial charge is 0.759 e. The van der Waals surface area contributed by atoms with Crippen molar-refractivity contribution in [3.63, 3.8) is 0 Å². The van der Waals surface area contributed by atoms with Crippen LogP contribution in [0.2, 0.25) is 0 Å². The van der Waals surface area contributed by atoms with E-state index in [-0.39, 0.29) is 22.4 Å². The molecule has 2 rings (SSSR count). The Morgan fingerprint density at radius 2 is 0.889 bits per heavy atom. The second kappa shape index (κ2) is 12.4. The van der Waals surface area contributed by atoms with Crippen LogP contribution < -0.4 is 0 Å². The Balaban J connectivity index is 0. The summed E-state index contributed by atoms with van der Waals surface area (Å²) in [6, 6.07) is 11.4. The molecule has 0 amide bonds. The fourth-order valence-electron chi connectivity index (χ4n) is 0.625. The summed E-state index contributed by atoms with van der Waals surface area (Å²) < 4.78 is 34.1. The quantitative estimate of drug-likeness (QED) is 0.390. The van der Waals surface area contributed by atoms with Gasteiger partial charge in [-0.3, -0.25) is 18.4 Å². The molecule has 0 aliphatic heterocycles. The molecule has 0 aliphatic rings. The van der Waals surface area contributed by atoms with Crippen molar-refractivity contribution >= 4 is 10.4 Å². The molecule has 0 N–H and O–H groups in total. The van der Waals surface area contributed by atoms with Crippen molar-refractivity contribution in [1.29, 1.82) is 0 Å². The first kappa shape index (κ1) is 19.3. The maximum Gasteiger partial charge on any atom is 0.0311 e. The van der Waals surface area contributed by atoms with Crippen LogP contribution in [0.5, 0.6) is 0 Å². The van der Waals surface area contributed by atoms with Crippen LogP contribution in [0.25, 0.3) is 0 Å². The van der Waals surface area contributed by atoms with Crippen molar-refractivity contribution < 1.29 is 39.9 Å². The Labute approximate surface area is 121 Å². The van der Waals surface area contributed by atoms with Crippen LogP contribution in [-0.2, 0) is 32.8 Å². The third-order valence-corrected chi connectivity index (χ3v) is 1.13. The molecule has 0 atom stereocenters. The average molecular weight is 362 g/mol. The van der Waals surface area contributed by atoms with Crippen molar-refractivity contribution in [2.45, 2.75) is 0 Å². The van der Waals surface area contributed by atoms with Crippen molar-refractivity contribution in [1.82, 2.24) is 9.97 Å². The monoisotopic (exact) mass is 361 g/mol. The van der Waals surface area contributed by atoms with Gasteiger partial charge in [-0.05, 0) is 24.3 Å². The third kappa shape index (κ3) is 24.2. The molecular weight excluding hydrogens is 352 g/mol. The Morgan fingerprint density at radius 3 is 0.944 bits per heavy atom. The minimum atomic E-state index is -5.17. The molecule has 0 saturated carbocycles. The molecule has 0 fully saturated rings. The molecule has 0 saturated heterocycles. The maximum absolute atomic E-state index is 8.52. The first-order chi connectivity index (χ1) is 8.00. The zero-order chi connectivity index (χ0) is 13.0. The van der Waals surface area contributed by atoms with Crippen molar-refractivity contribution in [2.75, 3.05) is 0 Å². The average Bonchev–Trinajstić information content (AvgIpc) is 2.32. The minimum absolute atomic E-state index is 0. The topological polar surface area (TPSA) is 106 Å².